The molecule has 5 N–H and O–H groups in total. The largest absolute Gasteiger partial charge is 0.409 e. The van der Waals surface area contributed by atoms with Crippen molar-refractivity contribution in [2.45, 2.75) is 31.7 Å². The molecule has 0 bridgehead atoms. The normalized spacial score (nSPS) is 24.7. The van der Waals surface area contributed by atoms with Crippen LogP contribution in [-0.2, 0) is 10.2 Å². The van der Waals surface area contributed by atoms with Gasteiger partial charge in [-0.05, 0) is 69.1 Å². The zero-order valence-corrected chi connectivity index (χ0v) is 19.3. The number of rotatable bonds is 5. The quantitative estimate of drug-likeness (QED) is 0.198. The lowest BCUT2D eigenvalue weighted by Gasteiger charge is -2.45. The van der Waals surface area contributed by atoms with E-state index in [0.29, 0.717) is 12.2 Å². The Hall–Kier alpha value is -2.29. The van der Waals surface area contributed by atoms with E-state index in [4.69, 9.17) is 9.77 Å². The summed E-state index contributed by atoms with van der Waals surface area (Å²) in [6, 6.07) is 3.90. The first-order valence-corrected chi connectivity index (χ1v) is 12.4. The van der Waals surface area contributed by atoms with Crippen molar-refractivity contribution >= 4 is 43.5 Å². The van der Waals surface area contributed by atoms with Crippen LogP contribution in [0.15, 0.2) is 32.5 Å². The van der Waals surface area contributed by atoms with E-state index in [2.05, 4.69) is 42.0 Å². The second-order valence-electron chi connectivity index (χ2n) is 7.99. The Morgan fingerprint density at radius 1 is 1.31 bits per heavy atom. The molecule has 0 radical (unpaired) electrons. The highest BCUT2D eigenvalue weighted by Gasteiger charge is 2.41. The fraction of sp³-hybridized carbons (Fsp3) is 0.500. The third-order valence-electron chi connectivity index (χ3n) is 6.00. The number of piperidine rings is 1. The molecule has 4 rings (SSSR count). The van der Waals surface area contributed by atoms with Gasteiger partial charge in [-0.15, -0.1) is 0 Å². The molecule has 0 amide bonds. The first-order valence-electron chi connectivity index (χ1n) is 10.1. The summed E-state index contributed by atoms with van der Waals surface area (Å²) < 4.78 is 43.9. The van der Waals surface area contributed by atoms with Crippen LogP contribution in [0.25, 0.3) is 0 Å². The van der Waals surface area contributed by atoms with Gasteiger partial charge in [-0.1, -0.05) is 18.0 Å². The summed E-state index contributed by atoms with van der Waals surface area (Å²) in [5, 5.41) is 31.9. The number of nitrogens with two attached hydrogens (primary N) is 1. The first kappa shape index (κ1) is 22.9. The van der Waals surface area contributed by atoms with Crippen LogP contribution in [0.4, 0.5) is 15.9 Å². The highest BCUT2D eigenvalue weighted by Crippen LogP contribution is 2.38. The number of aromatic nitrogens is 2. The minimum Gasteiger partial charge on any atom is -0.409 e. The Bertz CT molecular complexity index is 1110. The molecule has 3 unspecified atom stereocenters. The van der Waals surface area contributed by atoms with Crippen LogP contribution < -0.4 is 15.8 Å². The van der Waals surface area contributed by atoms with Gasteiger partial charge < -0.3 is 15.8 Å². The average Bonchev–Trinajstić information content (AvgIpc) is 3.21. The molecule has 174 valence electrons. The minimum absolute atomic E-state index is 0.0773. The summed E-state index contributed by atoms with van der Waals surface area (Å²) >= 11 is 3.10. The van der Waals surface area contributed by atoms with Crippen molar-refractivity contribution in [2.75, 3.05) is 23.7 Å². The molecule has 1 saturated carbocycles. The van der Waals surface area contributed by atoms with Gasteiger partial charge in [0.15, 0.2) is 5.69 Å². The number of nitrogens with zero attached hydrogens (tertiary/aromatic N) is 4. The molecule has 1 saturated heterocycles. The third-order valence-corrected chi connectivity index (χ3v) is 7.63. The SMILES string of the molecule is NS(=O)(=O)N1CC2CCCCC2C(Nc2nonc2C(=NO)Nc2ccc(F)c(Br)c2)C1. The van der Waals surface area contributed by atoms with Gasteiger partial charge in [-0.25, -0.2) is 14.2 Å². The van der Waals surface area contributed by atoms with Crippen LogP contribution in [-0.4, -0.2) is 53.2 Å². The van der Waals surface area contributed by atoms with Gasteiger partial charge in [-0.3, -0.25) is 0 Å². The van der Waals surface area contributed by atoms with Gasteiger partial charge in [0.2, 0.25) is 11.7 Å². The number of oxime groups is 1. The Morgan fingerprint density at radius 3 is 2.81 bits per heavy atom. The van der Waals surface area contributed by atoms with E-state index < -0.39 is 16.0 Å². The number of benzene rings is 1. The van der Waals surface area contributed by atoms with Gasteiger partial charge in [0.25, 0.3) is 10.2 Å². The molecular weight excluding hydrogens is 509 g/mol. The van der Waals surface area contributed by atoms with Crippen LogP contribution in [0.2, 0.25) is 0 Å². The third kappa shape index (κ3) is 4.87. The molecular formula is C18H23BrFN7O4S. The molecule has 2 aromatic rings. The predicted molar refractivity (Wildman–Crippen MR) is 118 cm³/mol. The molecule has 3 atom stereocenters. The van der Waals surface area contributed by atoms with E-state index >= 15 is 0 Å². The summed E-state index contributed by atoms with van der Waals surface area (Å²) in [5.41, 5.74) is 0.526. The van der Waals surface area contributed by atoms with Crippen molar-refractivity contribution in [3.63, 3.8) is 0 Å². The van der Waals surface area contributed by atoms with E-state index in [9.17, 15) is 18.0 Å². The number of fused-ring (bicyclic) bond motifs is 1. The summed E-state index contributed by atoms with van der Waals surface area (Å²) in [6.45, 7) is 0.576. The summed E-state index contributed by atoms with van der Waals surface area (Å²) in [7, 11) is -3.84. The lowest BCUT2D eigenvalue weighted by atomic mass is 9.73. The minimum atomic E-state index is -3.84. The van der Waals surface area contributed by atoms with Crippen LogP contribution in [0, 0.1) is 17.7 Å². The molecule has 0 spiro atoms. The number of halogens is 2. The first-order chi connectivity index (χ1) is 15.3. The maximum atomic E-state index is 13.5. The molecule has 2 heterocycles. The molecule has 2 fully saturated rings. The van der Waals surface area contributed by atoms with E-state index in [-0.39, 0.29) is 46.2 Å². The summed E-state index contributed by atoms with van der Waals surface area (Å²) in [6.07, 6.45) is 3.97. The van der Waals surface area contributed by atoms with Crippen molar-refractivity contribution in [3.05, 3.63) is 34.2 Å². The fourth-order valence-corrected chi connectivity index (χ4v) is 5.65. The number of hydrogen-bond donors (Lipinski definition) is 4. The average molecular weight is 532 g/mol. The van der Waals surface area contributed by atoms with Crippen molar-refractivity contribution in [3.8, 4) is 0 Å². The highest BCUT2D eigenvalue weighted by molar-refractivity contribution is 9.10. The maximum Gasteiger partial charge on any atom is 0.276 e. The Morgan fingerprint density at radius 2 is 2.09 bits per heavy atom. The zero-order valence-electron chi connectivity index (χ0n) is 16.9. The number of nitrogens with one attached hydrogen (secondary N) is 2. The number of hydrogen-bond acceptors (Lipinski definition) is 8. The van der Waals surface area contributed by atoms with Crippen LogP contribution in [0.1, 0.15) is 31.4 Å². The second-order valence-corrected chi connectivity index (χ2v) is 10.4. The standard InChI is InChI=1S/C18H23BrFN7O4S/c19-13-7-11(5-6-14(13)20)22-17(24-28)16-18(26-31-25-16)23-15-9-27(32(21,29)30)8-10-3-1-2-4-12(10)15/h5-7,10,12,15,28H,1-4,8-9H2,(H,22,24)(H,23,26)(H2,21,29,30). The van der Waals surface area contributed by atoms with E-state index in [1.807, 2.05) is 0 Å². The number of amidine groups is 1. The van der Waals surface area contributed by atoms with Crippen LogP contribution in [0.3, 0.4) is 0 Å². The molecule has 1 aromatic carbocycles. The number of anilines is 2. The molecule has 1 aliphatic heterocycles. The van der Waals surface area contributed by atoms with Crippen molar-refractivity contribution in [2.24, 2.45) is 22.1 Å². The molecule has 2 aliphatic rings. The monoisotopic (exact) mass is 531 g/mol. The van der Waals surface area contributed by atoms with Gasteiger partial charge in [0, 0.05) is 24.8 Å². The van der Waals surface area contributed by atoms with Crippen LogP contribution >= 0.6 is 15.9 Å². The predicted octanol–water partition coefficient (Wildman–Crippen LogP) is 2.33. The fourth-order valence-electron chi connectivity index (χ4n) is 4.50. The van der Waals surface area contributed by atoms with Crippen molar-refractivity contribution in [1.82, 2.24) is 14.6 Å². The molecule has 1 aliphatic carbocycles. The molecule has 32 heavy (non-hydrogen) atoms. The lowest BCUT2D eigenvalue weighted by molar-refractivity contribution is 0.122. The van der Waals surface area contributed by atoms with Crippen molar-refractivity contribution < 1.29 is 22.6 Å². The zero-order chi connectivity index (χ0) is 22.9. The van der Waals surface area contributed by atoms with Gasteiger partial charge >= 0.3 is 0 Å². The van der Waals surface area contributed by atoms with Crippen LogP contribution in [0.5, 0.6) is 0 Å². The maximum absolute atomic E-state index is 13.5. The summed E-state index contributed by atoms with van der Waals surface area (Å²) in [5.74, 6) is 0.0741. The smallest absolute Gasteiger partial charge is 0.276 e. The summed E-state index contributed by atoms with van der Waals surface area (Å²) in [4.78, 5) is 0. The van der Waals surface area contributed by atoms with Gasteiger partial charge in [-0.2, -0.15) is 12.7 Å². The van der Waals surface area contributed by atoms with Gasteiger partial charge in [0.1, 0.15) is 5.82 Å². The molecule has 14 heteroatoms. The topological polar surface area (TPSA) is 159 Å². The molecule has 11 nitrogen and oxygen atoms in total. The highest BCUT2D eigenvalue weighted by atomic mass is 79.9. The van der Waals surface area contributed by atoms with Gasteiger partial charge in [0.05, 0.1) is 4.47 Å². The Balaban J connectivity index is 1.57. The Labute approximate surface area is 192 Å². The van der Waals surface area contributed by atoms with E-state index in [0.717, 1.165) is 25.7 Å². The van der Waals surface area contributed by atoms with Crippen molar-refractivity contribution in [1.29, 1.82) is 0 Å². The van der Waals surface area contributed by atoms with E-state index in [1.54, 1.807) is 0 Å². The van der Waals surface area contributed by atoms with E-state index in [1.165, 1.54) is 22.5 Å². The molecule has 1 aromatic heterocycles. The second kappa shape index (κ2) is 9.29. The Kier molecular flexibility index (Phi) is 6.65. The lowest BCUT2D eigenvalue weighted by Crippen LogP contribution is -2.56.